The van der Waals surface area contributed by atoms with E-state index in [4.69, 9.17) is 11.6 Å². The van der Waals surface area contributed by atoms with Gasteiger partial charge >= 0.3 is 0 Å². The van der Waals surface area contributed by atoms with Crippen molar-refractivity contribution in [2.45, 2.75) is 29.1 Å². The van der Waals surface area contributed by atoms with Crippen molar-refractivity contribution in [2.75, 3.05) is 17.8 Å². The van der Waals surface area contributed by atoms with Gasteiger partial charge in [-0.05, 0) is 55.3 Å². The fourth-order valence-electron chi connectivity index (χ4n) is 2.84. The number of benzene rings is 2. The lowest BCUT2D eigenvalue weighted by Crippen LogP contribution is -2.35. The molecule has 1 N–H and O–H groups in total. The van der Waals surface area contributed by atoms with Crippen LogP contribution in [0.3, 0.4) is 0 Å². The molecule has 3 rings (SSSR count). The van der Waals surface area contributed by atoms with Crippen molar-refractivity contribution >= 4 is 37.3 Å². The van der Waals surface area contributed by atoms with Crippen LogP contribution in [0.5, 0.6) is 0 Å². The molecule has 1 aliphatic heterocycles. The number of piperidine rings is 1. The predicted octanol–water partition coefficient (Wildman–Crippen LogP) is 3.45. The van der Waals surface area contributed by atoms with Crippen LogP contribution in [-0.2, 0) is 20.0 Å². The van der Waals surface area contributed by atoms with E-state index in [0.717, 1.165) is 43.5 Å². The van der Waals surface area contributed by atoms with Gasteiger partial charge in [-0.1, -0.05) is 18.0 Å². The Hall–Kier alpha value is -1.68. The van der Waals surface area contributed by atoms with E-state index in [0.29, 0.717) is 13.1 Å². The van der Waals surface area contributed by atoms with Gasteiger partial charge in [0.15, 0.2) is 0 Å². The second-order valence-electron chi connectivity index (χ2n) is 6.17. The molecule has 0 spiro atoms. The summed E-state index contributed by atoms with van der Waals surface area (Å²) in [5.74, 6) is -0.560. The van der Waals surface area contributed by atoms with Crippen LogP contribution in [0.15, 0.2) is 52.3 Å². The molecule has 0 aromatic heterocycles. The molecule has 0 atom stereocenters. The molecule has 1 fully saturated rings. The maximum Gasteiger partial charge on any atom is 0.261 e. The monoisotopic (exact) mass is 432 g/mol. The standard InChI is InChI=1S/C17H18ClFN2O4S2/c18-16-9-6-14(20-26(22,23)15-7-4-13(19)5-8-15)12-17(16)27(24,25)21-10-2-1-3-11-21/h4-9,12,20H,1-3,10-11H2. The number of hydrogen-bond donors (Lipinski definition) is 1. The first-order valence-electron chi connectivity index (χ1n) is 8.28. The highest BCUT2D eigenvalue weighted by Gasteiger charge is 2.28. The summed E-state index contributed by atoms with van der Waals surface area (Å²) in [6.07, 6.45) is 2.51. The number of nitrogens with one attached hydrogen (secondary N) is 1. The topological polar surface area (TPSA) is 83.5 Å². The second-order valence-corrected chi connectivity index (χ2v) is 10.2. The molecule has 10 heteroatoms. The van der Waals surface area contributed by atoms with Crippen molar-refractivity contribution in [2.24, 2.45) is 0 Å². The third kappa shape index (κ3) is 4.43. The average molecular weight is 433 g/mol. The Balaban J connectivity index is 1.92. The van der Waals surface area contributed by atoms with Crippen LogP contribution in [0.1, 0.15) is 19.3 Å². The molecule has 146 valence electrons. The zero-order chi connectivity index (χ0) is 19.7. The summed E-state index contributed by atoms with van der Waals surface area (Å²) in [6, 6.07) is 8.22. The van der Waals surface area contributed by atoms with Gasteiger partial charge in [-0.15, -0.1) is 0 Å². The molecule has 0 aliphatic carbocycles. The molecule has 0 unspecified atom stereocenters. The first-order chi connectivity index (χ1) is 12.7. The summed E-state index contributed by atoms with van der Waals surface area (Å²) in [5, 5.41) is 0.0188. The van der Waals surface area contributed by atoms with Gasteiger partial charge in [0.2, 0.25) is 10.0 Å². The predicted molar refractivity (Wildman–Crippen MR) is 101 cm³/mol. The minimum absolute atomic E-state index is 0.0188. The molecular formula is C17H18ClFN2O4S2. The molecular weight excluding hydrogens is 415 g/mol. The van der Waals surface area contributed by atoms with Gasteiger partial charge in [0, 0.05) is 13.1 Å². The molecule has 6 nitrogen and oxygen atoms in total. The Morgan fingerprint density at radius 3 is 2.19 bits per heavy atom. The minimum atomic E-state index is -4.00. The number of halogens is 2. The number of hydrogen-bond acceptors (Lipinski definition) is 4. The van der Waals surface area contributed by atoms with Crippen LogP contribution in [0.25, 0.3) is 0 Å². The van der Waals surface area contributed by atoms with Gasteiger partial charge in [0.1, 0.15) is 10.7 Å². The highest BCUT2D eigenvalue weighted by Crippen LogP contribution is 2.30. The van der Waals surface area contributed by atoms with Gasteiger partial charge in [-0.2, -0.15) is 4.31 Å². The van der Waals surface area contributed by atoms with Gasteiger partial charge in [-0.3, -0.25) is 4.72 Å². The van der Waals surface area contributed by atoms with Crippen LogP contribution in [0, 0.1) is 5.82 Å². The lowest BCUT2D eigenvalue weighted by molar-refractivity contribution is 0.346. The Kier molecular flexibility index (Phi) is 5.76. The number of anilines is 1. The van der Waals surface area contributed by atoms with E-state index >= 15 is 0 Å². The minimum Gasteiger partial charge on any atom is -0.280 e. The summed E-state index contributed by atoms with van der Waals surface area (Å²) >= 11 is 6.08. The quantitative estimate of drug-likeness (QED) is 0.784. The third-order valence-electron chi connectivity index (χ3n) is 4.24. The van der Waals surface area contributed by atoms with Crippen LogP contribution >= 0.6 is 11.6 Å². The normalized spacial score (nSPS) is 16.2. The molecule has 0 amide bonds. The van der Waals surface area contributed by atoms with E-state index in [2.05, 4.69) is 4.72 Å². The van der Waals surface area contributed by atoms with E-state index in [1.165, 1.54) is 22.5 Å². The Morgan fingerprint density at radius 1 is 0.926 bits per heavy atom. The van der Waals surface area contributed by atoms with Crippen molar-refractivity contribution in [3.8, 4) is 0 Å². The molecule has 0 saturated carbocycles. The summed E-state index contributed by atoms with van der Waals surface area (Å²) in [4.78, 5) is -0.287. The molecule has 2 aromatic carbocycles. The largest absolute Gasteiger partial charge is 0.280 e. The van der Waals surface area contributed by atoms with Gasteiger partial charge in [0.25, 0.3) is 10.0 Å². The number of sulfonamides is 2. The second kappa shape index (κ2) is 7.75. The number of rotatable bonds is 5. The molecule has 1 saturated heterocycles. The Morgan fingerprint density at radius 2 is 1.56 bits per heavy atom. The zero-order valence-corrected chi connectivity index (χ0v) is 16.6. The SMILES string of the molecule is O=S(=O)(Nc1ccc(Cl)c(S(=O)(=O)N2CCCCC2)c1)c1ccc(F)cc1. The molecule has 0 radical (unpaired) electrons. The van der Waals surface area contributed by atoms with E-state index in [1.807, 2.05) is 0 Å². The van der Waals surface area contributed by atoms with Crippen molar-refractivity contribution in [3.05, 3.63) is 53.3 Å². The Bertz CT molecular complexity index is 1040. The maximum atomic E-state index is 13.0. The van der Waals surface area contributed by atoms with Crippen LogP contribution in [-0.4, -0.2) is 34.2 Å². The van der Waals surface area contributed by atoms with Crippen molar-refractivity contribution in [1.82, 2.24) is 4.31 Å². The molecule has 27 heavy (non-hydrogen) atoms. The lowest BCUT2D eigenvalue weighted by atomic mass is 10.2. The zero-order valence-electron chi connectivity index (χ0n) is 14.2. The van der Waals surface area contributed by atoms with Gasteiger partial charge in [0.05, 0.1) is 15.6 Å². The molecule has 0 bridgehead atoms. The Labute approximate surface area is 163 Å². The highest BCUT2D eigenvalue weighted by atomic mass is 35.5. The van der Waals surface area contributed by atoms with Crippen molar-refractivity contribution < 1.29 is 21.2 Å². The van der Waals surface area contributed by atoms with E-state index in [9.17, 15) is 21.2 Å². The summed E-state index contributed by atoms with van der Waals surface area (Å²) in [7, 11) is -7.82. The molecule has 2 aromatic rings. The van der Waals surface area contributed by atoms with Gasteiger partial charge < -0.3 is 0 Å². The fraction of sp³-hybridized carbons (Fsp3) is 0.294. The summed E-state index contributed by atoms with van der Waals surface area (Å²) < 4.78 is 67.2. The highest BCUT2D eigenvalue weighted by molar-refractivity contribution is 7.92. The molecule has 1 aliphatic rings. The average Bonchev–Trinajstić information content (AvgIpc) is 2.64. The smallest absolute Gasteiger partial charge is 0.261 e. The van der Waals surface area contributed by atoms with E-state index < -0.39 is 25.9 Å². The first kappa shape index (κ1) is 20.1. The first-order valence-corrected chi connectivity index (χ1v) is 11.6. The summed E-state index contributed by atoms with van der Waals surface area (Å²) in [5.41, 5.74) is 0.0549. The van der Waals surface area contributed by atoms with Crippen molar-refractivity contribution in [3.63, 3.8) is 0 Å². The fourth-order valence-corrected chi connectivity index (χ4v) is 5.90. The lowest BCUT2D eigenvalue weighted by Gasteiger charge is -2.26. The molecule has 1 heterocycles. The van der Waals surface area contributed by atoms with Gasteiger partial charge in [-0.25, -0.2) is 21.2 Å². The third-order valence-corrected chi connectivity index (χ3v) is 8.02. The van der Waals surface area contributed by atoms with Crippen molar-refractivity contribution in [1.29, 1.82) is 0 Å². The van der Waals surface area contributed by atoms with E-state index in [-0.39, 0.29) is 20.5 Å². The maximum absolute atomic E-state index is 13.0. The summed E-state index contributed by atoms with van der Waals surface area (Å²) in [6.45, 7) is 0.814. The number of nitrogens with zero attached hydrogens (tertiary/aromatic N) is 1. The van der Waals surface area contributed by atoms with Crippen LogP contribution in [0.2, 0.25) is 5.02 Å². The van der Waals surface area contributed by atoms with E-state index in [1.54, 1.807) is 0 Å². The van der Waals surface area contributed by atoms with Crippen LogP contribution in [0.4, 0.5) is 10.1 Å². The van der Waals surface area contributed by atoms with Crippen LogP contribution < -0.4 is 4.72 Å².